The van der Waals surface area contributed by atoms with Gasteiger partial charge in [0.2, 0.25) is 0 Å². The van der Waals surface area contributed by atoms with Crippen LogP contribution >= 0.6 is 0 Å². The number of nitrogens with one attached hydrogen (secondary N) is 1. The average molecular weight is 249 g/mol. The molecular weight excluding hydrogens is 225 g/mol. The first-order chi connectivity index (χ1) is 8.59. The van der Waals surface area contributed by atoms with E-state index >= 15 is 0 Å². The maximum atomic E-state index is 13.6. The third-order valence-electron chi connectivity index (χ3n) is 4.13. The maximum absolute atomic E-state index is 13.6. The fourth-order valence-corrected chi connectivity index (χ4v) is 2.92. The first kappa shape index (κ1) is 13.5. The predicted octanol–water partition coefficient (Wildman–Crippen LogP) is 4.19. The molecule has 0 amide bonds. The van der Waals surface area contributed by atoms with Gasteiger partial charge < -0.3 is 5.32 Å². The summed E-state index contributed by atoms with van der Waals surface area (Å²) in [7, 11) is 0. The Hall–Kier alpha value is -0.890. The highest BCUT2D eigenvalue weighted by Crippen LogP contribution is 2.34. The van der Waals surface area contributed by atoms with E-state index in [0.29, 0.717) is 12.0 Å². The molecule has 2 heteroatoms. The van der Waals surface area contributed by atoms with Crippen LogP contribution in [0, 0.1) is 18.2 Å². The van der Waals surface area contributed by atoms with E-state index in [2.05, 4.69) is 12.2 Å². The average Bonchev–Trinajstić information content (AvgIpc) is 2.34. The first-order valence-electron chi connectivity index (χ1n) is 7.05. The number of halogens is 1. The van der Waals surface area contributed by atoms with Crippen LogP contribution in [0.2, 0.25) is 0 Å². The van der Waals surface area contributed by atoms with Crippen molar-refractivity contribution < 1.29 is 4.39 Å². The summed E-state index contributed by atoms with van der Waals surface area (Å²) < 4.78 is 13.6. The van der Waals surface area contributed by atoms with E-state index in [1.54, 1.807) is 6.07 Å². The Morgan fingerprint density at radius 3 is 2.67 bits per heavy atom. The van der Waals surface area contributed by atoms with E-state index in [9.17, 15) is 4.39 Å². The first-order valence-corrected chi connectivity index (χ1v) is 7.05. The Morgan fingerprint density at radius 2 is 1.94 bits per heavy atom. The summed E-state index contributed by atoms with van der Waals surface area (Å²) in [4.78, 5) is 0. The fraction of sp³-hybridized carbons (Fsp3) is 0.625. The highest BCUT2D eigenvalue weighted by atomic mass is 19.1. The molecule has 0 saturated heterocycles. The molecule has 0 atom stereocenters. The van der Waals surface area contributed by atoms with E-state index in [1.807, 2.05) is 19.1 Å². The van der Waals surface area contributed by atoms with Crippen molar-refractivity contribution in [1.82, 2.24) is 5.32 Å². The Balaban J connectivity index is 1.86. The summed E-state index contributed by atoms with van der Waals surface area (Å²) in [6.45, 7) is 6.00. The van der Waals surface area contributed by atoms with Gasteiger partial charge in [0.15, 0.2) is 0 Å². The maximum Gasteiger partial charge on any atom is 0.127 e. The van der Waals surface area contributed by atoms with Gasteiger partial charge in [-0.15, -0.1) is 0 Å². The minimum Gasteiger partial charge on any atom is -0.312 e. The highest BCUT2D eigenvalue weighted by molar-refractivity contribution is 5.23. The molecule has 1 fully saturated rings. The van der Waals surface area contributed by atoms with E-state index in [1.165, 1.54) is 32.1 Å². The molecule has 0 heterocycles. The Bertz CT molecular complexity index is 394. The molecule has 1 nitrogen and oxygen atoms in total. The van der Waals surface area contributed by atoms with Crippen LogP contribution in [-0.2, 0) is 6.54 Å². The lowest BCUT2D eigenvalue weighted by atomic mass is 9.76. The lowest BCUT2D eigenvalue weighted by molar-refractivity contribution is 0.207. The van der Waals surface area contributed by atoms with Crippen LogP contribution in [0.25, 0.3) is 0 Å². The van der Waals surface area contributed by atoms with E-state index in [0.717, 1.165) is 17.7 Å². The van der Waals surface area contributed by atoms with Crippen molar-refractivity contribution in [2.24, 2.45) is 5.41 Å². The van der Waals surface area contributed by atoms with Gasteiger partial charge in [-0.3, -0.25) is 0 Å². The lowest BCUT2D eigenvalue weighted by Crippen LogP contribution is -2.33. The fourth-order valence-electron chi connectivity index (χ4n) is 2.92. The van der Waals surface area contributed by atoms with Gasteiger partial charge in [-0.1, -0.05) is 43.9 Å². The zero-order chi connectivity index (χ0) is 13.0. The number of rotatable bonds is 4. The summed E-state index contributed by atoms with van der Waals surface area (Å²) in [6, 6.07) is 5.32. The second-order valence-corrected chi connectivity index (χ2v) is 6.07. The SMILES string of the molecule is Cc1ccc(F)c(CNCC2(C)CCCCC2)c1. The molecule has 0 spiro atoms. The second-order valence-electron chi connectivity index (χ2n) is 6.07. The predicted molar refractivity (Wildman–Crippen MR) is 74.0 cm³/mol. The van der Waals surface area contributed by atoms with Crippen molar-refractivity contribution >= 4 is 0 Å². The van der Waals surface area contributed by atoms with Gasteiger partial charge in [-0.25, -0.2) is 4.39 Å². The molecule has 0 aromatic heterocycles. The molecule has 1 aliphatic carbocycles. The smallest absolute Gasteiger partial charge is 0.127 e. The topological polar surface area (TPSA) is 12.0 Å². The van der Waals surface area contributed by atoms with Gasteiger partial charge in [-0.05, 0) is 31.2 Å². The zero-order valence-corrected chi connectivity index (χ0v) is 11.6. The molecule has 0 unspecified atom stereocenters. The summed E-state index contributed by atoms with van der Waals surface area (Å²) in [5.41, 5.74) is 2.32. The molecule has 0 bridgehead atoms. The number of hydrogen-bond acceptors (Lipinski definition) is 1. The molecule has 0 radical (unpaired) electrons. The van der Waals surface area contributed by atoms with E-state index in [4.69, 9.17) is 0 Å². The normalized spacial score (nSPS) is 18.8. The molecular formula is C16H24FN. The summed E-state index contributed by atoms with van der Waals surface area (Å²) >= 11 is 0. The quantitative estimate of drug-likeness (QED) is 0.843. The molecule has 1 aromatic carbocycles. The highest BCUT2D eigenvalue weighted by Gasteiger charge is 2.26. The molecule has 1 aromatic rings. The van der Waals surface area contributed by atoms with Crippen LogP contribution in [0.4, 0.5) is 4.39 Å². The van der Waals surface area contributed by atoms with Crippen molar-refractivity contribution in [2.75, 3.05) is 6.54 Å². The van der Waals surface area contributed by atoms with Gasteiger partial charge in [0.1, 0.15) is 5.82 Å². The van der Waals surface area contributed by atoms with Gasteiger partial charge in [0.25, 0.3) is 0 Å². The van der Waals surface area contributed by atoms with Crippen molar-refractivity contribution in [1.29, 1.82) is 0 Å². The minimum absolute atomic E-state index is 0.0955. The Kier molecular flexibility index (Phi) is 4.39. The van der Waals surface area contributed by atoms with E-state index in [-0.39, 0.29) is 5.82 Å². The molecule has 1 saturated carbocycles. The second kappa shape index (κ2) is 5.83. The summed E-state index contributed by atoms with van der Waals surface area (Å²) in [6.07, 6.45) is 6.67. The van der Waals surface area contributed by atoms with Crippen LogP contribution < -0.4 is 5.32 Å². The standard InChI is InChI=1S/C16H24FN/c1-13-6-7-15(17)14(10-13)11-18-12-16(2)8-4-3-5-9-16/h6-7,10,18H,3-5,8-9,11-12H2,1-2H3. The molecule has 0 aliphatic heterocycles. The van der Waals surface area contributed by atoms with Crippen LogP contribution in [0.5, 0.6) is 0 Å². The lowest BCUT2D eigenvalue weighted by Gasteiger charge is -2.33. The van der Waals surface area contributed by atoms with Crippen molar-refractivity contribution in [3.8, 4) is 0 Å². The minimum atomic E-state index is -0.0955. The summed E-state index contributed by atoms with van der Waals surface area (Å²) in [5, 5.41) is 3.44. The van der Waals surface area contributed by atoms with Crippen molar-refractivity contribution in [3.63, 3.8) is 0 Å². The third-order valence-corrected chi connectivity index (χ3v) is 4.13. The Morgan fingerprint density at radius 1 is 1.22 bits per heavy atom. The van der Waals surface area contributed by atoms with Crippen molar-refractivity contribution in [2.45, 2.75) is 52.5 Å². The van der Waals surface area contributed by atoms with Crippen LogP contribution in [0.3, 0.4) is 0 Å². The monoisotopic (exact) mass is 249 g/mol. The summed E-state index contributed by atoms with van der Waals surface area (Å²) in [5.74, 6) is -0.0955. The van der Waals surface area contributed by atoms with Gasteiger partial charge in [0, 0.05) is 18.7 Å². The van der Waals surface area contributed by atoms with Crippen LogP contribution in [0.1, 0.15) is 50.2 Å². The number of benzene rings is 1. The number of aryl methyl sites for hydroxylation is 1. The van der Waals surface area contributed by atoms with Gasteiger partial charge >= 0.3 is 0 Å². The molecule has 2 rings (SSSR count). The third kappa shape index (κ3) is 3.55. The Labute approximate surface area is 110 Å². The van der Waals surface area contributed by atoms with Gasteiger partial charge in [0.05, 0.1) is 0 Å². The number of hydrogen-bond donors (Lipinski definition) is 1. The molecule has 1 N–H and O–H groups in total. The van der Waals surface area contributed by atoms with Crippen LogP contribution in [-0.4, -0.2) is 6.54 Å². The van der Waals surface area contributed by atoms with Crippen molar-refractivity contribution in [3.05, 3.63) is 35.1 Å². The van der Waals surface area contributed by atoms with Gasteiger partial charge in [-0.2, -0.15) is 0 Å². The molecule has 18 heavy (non-hydrogen) atoms. The largest absolute Gasteiger partial charge is 0.312 e. The van der Waals surface area contributed by atoms with Crippen LogP contribution in [0.15, 0.2) is 18.2 Å². The zero-order valence-electron chi connectivity index (χ0n) is 11.6. The molecule has 1 aliphatic rings. The van der Waals surface area contributed by atoms with E-state index < -0.39 is 0 Å². The molecule has 100 valence electrons.